The molecule has 3 rings (SSSR count). The van der Waals surface area contributed by atoms with Crippen molar-refractivity contribution in [1.82, 2.24) is 0 Å². The second-order valence-electron chi connectivity index (χ2n) is 7.03. The number of carbonyl (C=O) groups excluding carboxylic acids is 1. The minimum absolute atomic E-state index is 0.177. The van der Waals surface area contributed by atoms with Gasteiger partial charge < -0.3 is 10.2 Å². The van der Waals surface area contributed by atoms with Gasteiger partial charge in [0.25, 0.3) is 5.91 Å². The molecule has 1 amide bonds. The Balaban J connectivity index is 1.80. The van der Waals surface area contributed by atoms with Crippen molar-refractivity contribution in [3.8, 4) is 0 Å². The lowest BCUT2D eigenvalue weighted by molar-refractivity contribution is -0.941. The van der Waals surface area contributed by atoms with Crippen molar-refractivity contribution in [2.75, 3.05) is 11.9 Å². The van der Waals surface area contributed by atoms with E-state index in [9.17, 15) is 9.18 Å². The van der Waals surface area contributed by atoms with Crippen molar-refractivity contribution in [3.63, 3.8) is 0 Å². The number of benzene rings is 1. The molecule has 1 unspecified atom stereocenters. The number of hydrogen-bond acceptors (Lipinski definition) is 2. The van der Waals surface area contributed by atoms with E-state index in [-0.39, 0.29) is 11.7 Å². The number of thiophene rings is 1. The predicted molar refractivity (Wildman–Crippen MR) is 101 cm³/mol. The number of carbonyl (C=O) groups is 1. The first kappa shape index (κ1) is 18.1. The van der Waals surface area contributed by atoms with E-state index < -0.39 is 0 Å². The second-order valence-corrected chi connectivity index (χ2v) is 8.26. The third-order valence-electron chi connectivity index (χ3n) is 5.33. The summed E-state index contributed by atoms with van der Waals surface area (Å²) in [4.78, 5) is 15.4. The number of anilines is 1. The number of rotatable bonds is 4. The van der Waals surface area contributed by atoms with E-state index in [2.05, 4.69) is 26.1 Å². The molecule has 1 aromatic heterocycles. The summed E-state index contributed by atoms with van der Waals surface area (Å²) in [6.45, 7) is 8.71. The molecule has 1 aliphatic rings. The van der Waals surface area contributed by atoms with Crippen LogP contribution in [0.2, 0.25) is 0 Å². The molecular weight excluding hydrogens is 335 g/mol. The average Bonchev–Trinajstić information content (AvgIpc) is 2.85. The van der Waals surface area contributed by atoms with Crippen LogP contribution in [0.25, 0.3) is 0 Å². The van der Waals surface area contributed by atoms with Crippen LogP contribution in [0, 0.1) is 19.7 Å². The zero-order valence-corrected chi connectivity index (χ0v) is 15.9. The number of piperidine rings is 1. The Kier molecular flexibility index (Phi) is 5.54. The summed E-state index contributed by atoms with van der Waals surface area (Å²) in [5.41, 5.74) is 3.01. The number of aryl methyl sites for hydroxylation is 1. The highest BCUT2D eigenvalue weighted by Gasteiger charge is 2.25. The van der Waals surface area contributed by atoms with Gasteiger partial charge in [-0.15, -0.1) is 11.3 Å². The van der Waals surface area contributed by atoms with Crippen LogP contribution in [0.4, 0.5) is 9.39 Å². The number of quaternary nitrogens is 1. The van der Waals surface area contributed by atoms with E-state index in [0.717, 1.165) is 11.5 Å². The summed E-state index contributed by atoms with van der Waals surface area (Å²) >= 11 is 1.64. The Morgan fingerprint density at radius 2 is 2.00 bits per heavy atom. The highest BCUT2D eigenvalue weighted by Crippen LogP contribution is 2.32. The van der Waals surface area contributed by atoms with E-state index in [1.54, 1.807) is 16.2 Å². The van der Waals surface area contributed by atoms with Gasteiger partial charge in [-0.25, -0.2) is 4.39 Å². The lowest BCUT2D eigenvalue weighted by Crippen LogP contribution is -3.14. The molecule has 1 fully saturated rings. The van der Waals surface area contributed by atoms with Gasteiger partial charge in [-0.05, 0) is 69.9 Å². The summed E-state index contributed by atoms with van der Waals surface area (Å²) in [6, 6.07) is 6.35. The van der Waals surface area contributed by atoms with E-state index in [1.165, 1.54) is 66.1 Å². The van der Waals surface area contributed by atoms with Gasteiger partial charge >= 0.3 is 0 Å². The number of nitrogens with one attached hydrogen (secondary N) is 2. The Morgan fingerprint density at radius 1 is 1.28 bits per heavy atom. The van der Waals surface area contributed by atoms with E-state index in [1.807, 2.05) is 0 Å². The van der Waals surface area contributed by atoms with Gasteiger partial charge in [-0.1, -0.05) is 0 Å². The van der Waals surface area contributed by atoms with Gasteiger partial charge in [0, 0.05) is 16.0 Å². The zero-order valence-electron chi connectivity index (χ0n) is 15.1. The second kappa shape index (κ2) is 7.67. The molecular formula is C20H26FN2OS+. The van der Waals surface area contributed by atoms with Crippen molar-refractivity contribution in [3.05, 3.63) is 51.7 Å². The van der Waals surface area contributed by atoms with Crippen LogP contribution in [0.15, 0.2) is 24.3 Å². The minimum Gasteiger partial charge on any atom is -0.329 e. The molecule has 134 valence electrons. The van der Waals surface area contributed by atoms with Crippen molar-refractivity contribution < 1.29 is 14.1 Å². The van der Waals surface area contributed by atoms with Gasteiger partial charge in [0.05, 0.1) is 12.6 Å². The quantitative estimate of drug-likeness (QED) is 0.855. The average molecular weight is 362 g/mol. The highest BCUT2D eigenvalue weighted by atomic mass is 32.1. The molecule has 2 N–H and O–H groups in total. The smallest absolute Gasteiger partial charge is 0.256 e. The number of likely N-dealkylation sites (tertiary alicyclic amines) is 1. The van der Waals surface area contributed by atoms with Crippen LogP contribution in [-0.2, 0) is 6.54 Å². The van der Waals surface area contributed by atoms with Gasteiger partial charge in [-0.2, -0.15) is 0 Å². The topological polar surface area (TPSA) is 33.5 Å². The predicted octanol–water partition coefficient (Wildman–Crippen LogP) is 3.71. The standard InChI is InChI=1S/C20H25FN2OS/c1-13-6-4-5-11-23(13)12-18-14(2)15(3)25-20(18)22-19(24)16-7-9-17(21)10-8-16/h7-10,13H,4-6,11-12H2,1-3H3,(H,22,24)/p+1/t13-/m1/s1. The monoisotopic (exact) mass is 361 g/mol. The van der Waals surface area contributed by atoms with Gasteiger partial charge in [0.2, 0.25) is 0 Å². The fourth-order valence-electron chi connectivity index (χ4n) is 3.51. The molecule has 25 heavy (non-hydrogen) atoms. The molecule has 2 aromatic rings. The molecule has 0 spiro atoms. The first-order valence-corrected chi connectivity index (χ1v) is 9.77. The van der Waals surface area contributed by atoms with Crippen LogP contribution >= 0.6 is 11.3 Å². The maximum absolute atomic E-state index is 13.1. The van der Waals surface area contributed by atoms with Crippen LogP contribution in [0.3, 0.4) is 0 Å². The van der Waals surface area contributed by atoms with Gasteiger partial charge in [0.15, 0.2) is 0 Å². The zero-order chi connectivity index (χ0) is 18.0. The lowest BCUT2D eigenvalue weighted by atomic mass is 10.0. The fourth-order valence-corrected chi connectivity index (χ4v) is 4.58. The molecule has 0 aliphatic carbocycles. The summed E-state index contributed by atoms with van der Waals surface area (Å²) in [7, 11) is 0. The maximum atomic E-state index is 13.1. The van der Waals surface area contributed by atoms with Crippen LogP contribution in [-0.4, -0.2) is 18.5 Å². The minimum atomic E-state index is -0.331. The fraction of sp³-hybridized carbons (Fsp3) is 0.450. The SMILES string of the molecule is Cc1sc(NC(=O)c2ccc(F)cc2)c(C[NH+]2CCCC[C@H]2C)c1C. The first-order valence-electron chi connectivity index (χ1n) is 8.96. The highest BCUT2D eigenvalue weighted by molar-refractivity contribution is 7.16. The third-order valence-corrected chi connectivity index (χ3v) is 6.49. The van der Waals surface area contributed by atoms with E-state index in [0.29, 0.717) is 11.6 Å². The van der Waals surface area contributed by atoms with Crippen LogP contribution in [0.1, 0.15) is 52.5 Å². The molecule has 0 saturated carbocycles. The van der Waals surface area contributed by atoms with Crippen molar-refractivity contribution in [2.24, 2.45) is 0 Å². The normalized spacial score (nSPS) is 20.5. The first-order chi connectivity index (χ1) is 12.0. The Morgan fingerprint density at radius 3 is 2.68 bits per heavy atom. The number of amides is 1. The largest absolute Gasteiger partial charge is 0.329 e. The summed E-state index contributed by atoms with van der Waals surface area (Å²) in [5.74, 6) is -0.507. The third kappa shape index (κ3) is 4.10. The molecule has 0 bridgehead atoms. The maximum Gasteiger partial charge on any atom is 0.256 e. The number of hydrogen-bond donors (Lipinski definition) is 2. The molecule has 0 radical (unpaired) electrons. The van der Waals surface area contributed by atoms with Crippen molar-refractivity contribution >= 4 is 22.2 Å². The van der Waals surface area contributed by atoms with Gasteiger partial charge in [-0.3, -0.25) is 4.79 Å². The van der Waals surface area contributed by atoms with Crippen molar-refractivity contribution in [1.29, 1.82) is 0 Å². The van der Waals surface area contributed by atoms with Crippen LogP contribution < -0.4 is 10.2 Å². The molecule has 1 saturated heterocycles. The molecule has 1 aromatic carbocycles. The Hall–Kier alpha value is -1.72. The lowest BCUT2D eigenvalue weighted by Gasteiger charge is -2.30. The summed E-state index contributed by atoms with van der Waals surface area (Å²) in [6.07, 6.45) is 3.87. The van der Waals surface area contributed by atoms with E-state index in [4.69, 9.17) is 0 Å². The molecule has 3 nitrogen and oxygen atoms in total. The Bertz CT molecular complexity index is 754. The van der Waals surface area contributed by atoms with Crippen molar-refractivity contribution in [2.45, 2.75) is 52.6 Å². The van der Waals surface area contributed by atoms with Crippen LogP contribution in [0.5, 0.6) is 0 Å². The molecule has 1 aliphatic heterocycles. The molecule has 2 heterocycles. The molecule has 5 heteroatoms. The van der Waals surface area contributed by atoms with E-state index >= 15 is 0 Å². The van der Waals surface area contributed by atoms with Gasteiger partial charge in [0.1, 0.15) is 17.4 Å². The Labute approximate surface area is 152 Å². The number of halogens is 1. The molecule has 2 atom stereocenters. The summed E-state index contributed by atoms with van der Waals surface area (Å²) < 4.78 is 13.1. The summed E-state index contributed by atoms with van der Waals surface area (Å²) in [5, 5.41) is 4.00.